The molecule has 5 aromatic rings. The van der Waals surface area contributed by atoms with Crippen LogP contribution in [0.1, 0.15) is 108 Å². The number of carbonyl (C=O) groups is 13. The Bertz CT molecular complexity index is 3740. The fourth-order valence-electron chi connectivity index (χ4n) is 10.8. The first kappa shape index (κ1) is 87.8. The third-order valence-corrected chi connectivity index (χ3v) is 16.9. The van der Waals surface area contributed by atoms with Crippen molar-refractivity contribution in [2.24, 2.45) is 28.3 Å². The number of aliphatic imine (C=N–C) groups is 1. The third-order valence-electron chi connectivity index (χ3n) is 16.9. The molecule has 0 saturated heterocycles. The Hall–Kier alpha value is -11.9. The van der Waals surface area contributed by atoms with Crippen LogP contribution in [-0.2, 0) is 94.4 Å². The van der Waals surface area contributed by atoms with E-state index in [0.717, 1.165) is 0 Å². The monoisotopic (exact) mass is 1540 g/mol. The maximum Gasteiger partial charge on any atom is 0.326 e. The van der Waals surface area contributed by atoms with Crippen LogP contribution in [0.15, 0.2) is 67.6 Å². The van der Waals surface area contributed by atoms with E-state index in [2.05, 4.69) is 113 Å². The zero-order chi connectivity index (χ0) is 80.1. The quantitative estimate of drug-likeness (QED) is 0.00745. The molecule has 11 amide bonds. The molecule has 0 aromatic carbocycles. The summed E-state index contributed by atoms with van der Waals surface area (Å²) in [5.74, 6) is -16.5. The average Bonchev–Trinajstić information content (AvgIpc) is 1.64. The molecule has 0 aliphatic heterocycles. The molecule has 43 nitrogen and oxygen atoms in total. The lowest BCUT2D eigenvalue weighted by molar-refractivity contribution is -0.142. The van der Waals surface area contributed by atoms with E-state index in [-0.39, 0.29) is 101 Å². The van der Waals surface area contributed by atoms with Gasteiger partial charge in [0.1, 0.15) is 72.5 Å². The van der Waals surface area contributed by atoms with E-state index < -0.39 is 188 Å². The first-order valence-electron chi connectivity index (χ1n) is 34.7. The van der Waals surface area contributed by atoms with Crippen LogP contribution in [0.5, 0.6) is 0 Å². The Morgan fingerprint density at radius 2 is 0.761 bits per heavy atom. The summed E-state index contributed by atoms with van der Waals surface area (Å²) in [4.78, 5) is 219. The molecule has 0 aliphatic carbocycles. The summed E-state index contributed by atoms with van der Waals surface area (Å²) in [6.07, 6.45) is 10.2. The first-order chi connectivity index (χ1) is 52.1. The van der Waals surface area contributed by atoms with E-state index in [4.69, 9.17) is 11.5 Å². The number of nitrogens with one attached hydrogen (secondary N) is 18. The van der Waals surface area contributed by atoms with Gasteiger partial charge in [0.15, 0.2) is 5.96 Å². The van der Waals surface area contributed by atoms with Crippen LogP contribution in [0.4, 0.5) is 8.96 Å². The first-order valence-corrected chi connectivity index (χ1v) is 34.7. The van der Waals surface area contributed by atoms with Gasteiger partial charge in [0.2, 0.25) is 65.0 Å². The van der Waals surface area contributed by atoms with Crippen LogP contribution in [0.3, 0.4) is 0 Å². The van der Waals surface area contributed by atoms with E-state index in [1.807, 2.05) is 0 Å². The summed E-state index contributed by atoms with van der Waals surface area (Å²) in [5, 5.41) is 67.7. The molecule has 0 fully saturated rings. The number of aliphatic hydroxyl groups excluding tert-OH is 2. The maximum atomic E-state index is 14.8. The van der Waals surface area contributed by atoms with Gasteiger partial charge in [0, 0.05) is 105 Å². The van der Waals surface area contributed by atoms with E-state index >= 15 is 0 Å². The number of carboxylic acid groups (broad SMARTS) is 2. The van der Waals surface area contributed by atoms with Crippen molar-refractivity contribution in [1.82, 2.24) is 119 Å². The molecule has 0 spiro atoms. The minimum atomic E-state index is -2.07. The van der Waals surface area contributed by atoms with Crippen molar-refractivity contribution in [3.05, 3.63) is 91.1 Å². The number of carboxylic acids is 2. The standard InChI is InChI=1S/C64H96F2N26O17/c1-5-33(4)51(62(107)87-44(16-36-22-71-29-77-36)56(101)84-43(15-35-21-70-28-76-35)57(102)88-47(63(108)109)18-38-24-73-31-79-38)91-59(104)45(17-37-23-72-30-78-37)85-58(103)46(19-50(95)96)86-55(100)42(14-34-20-69-27-75-34)83-52(97)39(10-8-11-74-64(67)68)81-60(105)48(25-93)90-54(99)41(13-32(2)3)82-61(106)49(26-94)89-53(98)40(92-66)9-6-7-12-80-65/h20-24,27-33,39-49,51,80,92-94H,5-19,25-26H2,1-4H3,(H,69,75)(H,70,76)(H,71,77)(H,72,78)(H,73,79)(H,81,105)(H,82,106)(H,83,97)(H,84,101)(H,85,103)(H,86,100)(H,87,107)(H,88,102)(H,89,98)(H,90,99)(H,91,104)(H,95,96)(H,108,109)(H4,67,68,74)/t33-,39-,40-,41-,42-,43-,44-,45-,46-,47-,48-,49-,51-/m0/s1/i65-1,66-1. The van der Waals surface area contributed by atoms with Crippen molar-refractivity contribution in [2.75, 3.05) is 26.3 Å². The molecule has 109 heavy (non-hydrogen) atoms. The van der Waals surface area contributed by atoms with Crippen molar-refractivity contribution in [3.8, 4) is 0 Å². The van der Waals surface area contributed by atoms with Gasteiger partial charge in [0.05, 0.1) is 51.3 Å². The number of unbranched alkanes of at least 4 members (excludes halogenated alkanes) is 1. The molecule has 0 saturated carbocycles. The average molecular weight is 1540 g/mol. The van der Waals surface area contributed by atoms with Crippen molar-refractivity contribution in [3.63, 3.8) is 0 Å². The zero-order valence-corrected chi connectivity index (χ0v) is 60.1. The summed E-state index contributed by atoms with van der Waals surface area (Å²) < 4.78 is 26.0. The highest BCUT2D eigenvalue weighted by atomic mass is 18.2. The second-order valence-electron chi connectivity index (χ2n) is 25.8. The topological polar surface area (TPSA) is 667 Å². The van der Waals surface area contributed by atoms with Gasteiger partial charge >= 0.3 is 11.9 Å². The highest BCUT2D eigenvalue weighted by Gasteiger charge is 2.39. The molecule has 0 radical (unpaired) electrons. The number of rotatable bonds is 51. The largest absolute Gasteiger partial charge is 0.481 e. The number of guanidine groups is 1. The predicted octanol–water partition coefficient (Wildman–Crippen LogP) is -6.67. The molecule has 45 heteroatoms. The number of nitrogens with two attached hydrogens (primary N) is 2. The summed E-state index contributed by atoms with van der Waals surface area (Å²) in [5.41, 5.74) is 15.2. The van der Waals surface area contributed by atoms with E-state index in [1.54, 1.807) is 27.7 Å². The SMILES string of the molecule is CC[C@H](C)[C@H](NC(=O)[C@H](Cc1cnc[nH]1)NC(=O)[C@H](CC(=O)O)NC(=O)[C@H](Cc1cnc[nH]1)NC(=O)[C@H](CCCN=C(N)N)NC(=O)[C@H](CO)NC(=O)[C@H](CC(C)C)NC(=O)[C@H](CO)NC(=O)[C@H](CCCCN[18F])N[18F])C(=O)N[C@@H](Cc1cnc[nH]1)C(=O)N[C@@H](Cc1cnc[nH]1)C(=O)N[C@@H](Cc1cnc[nH]1)C(=O)O. The normalized spacial score (nSPS) is 14.8. The van der Waals surface area contributed by atoms with E-state index in [0.29, 0.717) is 17.1 Å². The Morgan fingerprint density at radius 1 is 0.431 bits per heavy atom. The number of aliphatic carboxylic acids is 2. The van der Waals surface area contributed by atoms with Crippen molar-refractivity contribution >= 4 is 82.9 Å². The zero-order valence-electron chi connectivity index (χ0n) is 60.1. The molecule has 598 valence electrons. The highest BCUT2D eigenvalue weighted by Crippen LogP contribution is 2.15. The Balaban J connectivity index is 1.38. The summed E-state index contributed by atoms with van der Waals surface area (Å²) in [6, 6.07) is -20.0. The van der Waals surface area contributed by atoms with Gasteiger partial charge in [0.25, 0.3) is 0 Å². The second kappa shape index (κ2) is 45.6. The molecule has 5 rings (SSSR count). The number of imidazole rings is 5. The molecule has 26 N–H and O–H groups in total. The number of aromatic amines is 5. The number of aromatic nitrogens is 10. The fraction of sp³-hybridized carbons (Fsp3) is 0.547. The van der Waals surface area contributed by atoms with Gasteiger partial charge in [-0.2, -0.15) is 5.54 Å². The Labute approximate surface area is 621 Å². The van der Waals surface area contributed by atoms with Gasteiger partial charge < -0.3 is 115 Å². The lowest BCUT2D eigenvalue weighted by Crippen LogP contribution is -2.62. The summed E-state index contributed by atoms with van der Waals surface area (Å²) in [7, 11) is 0. The molecule has 0 unspecified atom stereocenters. The third kappa shape index (κ3) is 30.1. The molecule has 5 aromatic heterocycles. The van der Waals surface area contributed by atoms with Gasteiger partial charge in [-0.1, -0.05) is 34.1 Å². The Morgan fingerprint density at radius 3 is 1.13 bits per heavy atom. The van der Waals surface area contributed by atoms with Crippen LogP contribution in [0, 0.1) is 11.8 Å². The van der Waals surface area contributed by atoms with Gasteiger partial charge in [-0.25, -0.2) is 29.7 Å². The number of carbonyl (C=O) groups excluding carboxylic acids is 11. The number of H-pyrrole nitrogens is 5. The summed E-state index contributed by atoms with van der Waals surface area (Å²) >= 11 is 0. The number of hydrogen-bond acceptors (Lipinski definition) is 23. The number of aliphatic hydroxyl groups is 2. The minimum Gasteiger partial charge on any atom is -0.481 e. The van der Waals surface area contributed by atoms with Crippen molar-refractivity contribution < 1.29 is 91.7 Å². The lowest BCUT2D eigenvalue weighted by atomic mass is 9.96. The van der Waals surface area contributed by atoms with Gasteiger partial charge in [-0.3, -0.25) is 62.5 Å². The van der Waals surface area contributed by atoms with Crippen LogP contribution in [0.2, 0.25) is 0 Å². The minimum absolute atomic E-state index is 0.0576. The smallest absolute Gasteiger partial charge is 0.326 e. The van der Waals surface area contributed by atoms with Gasteiger partial charge in [-0.15, -0.1) is 14.5 Å². The number of hydrogen-bond donors (Lipinski definition) is 24. The van der Waals surface area contributed by atoms with E-state index in [1.165, 1.54) is 73.7 Å². The van der Waals surface area contributed by atoms with Crippen LogP contribution in [0.25, 0.3) is 0 Å². The maximum absolute atomic E-state index is 14.8. The Kier molecular flexibility index (Phi) is 36.7. The molecular weight excluding hydrogens is 1440 g/mol. The number of halogens is 2. The lowest BCUT2D eigenvalue weighted by Gasteiger charge is -2.29. The van der Waals surface area contributed by atoms with Crippen LogP contribution in [-0.4, -0.2) is 252 Å². The molecule has 0 bridgehead atoms. The highest BCUT2D eigenvalue weighted by molar-refractivity contribution is 6.00. The molecule has 13 atom stereocenters. The van der Waals surface area contributed by atoms with E-state index in [9.17, 15) is 91.7 Å². The van der Waals surface area contributed by atoms with Crippen molar-refractivity contribution in [2.45, 2.75) is 184 Å². The molecule has 0 aliphatic rings. The predicted molar refractivity (Wildman–Crippen MR) is 377 cm³/mol. The molecule has 5 heterocycles. The summed E-state index contributed by atoms with van der Waals surface area (Å²) in [6.45, 7) is 4.21. The number of amides is 11. The van der Waals surface area contributed by atoms with Crippen molar-refractivity contribution in [1.29, 1.82) is 0 Å². The molecular formula is C64H96F2N26O17. The van der Waals surface area contributed by atoms with Gasteiger partial charge in [-0.05, 0) is 50.4 Å². The van der Waals surface area contributed by atoms with Crippen LogP contribution >= 0.6 is 0 Å². The second-order valence-corrected chi connectivity index (χ2v) is 25.8. The fourth-order valence-corrected chi connectivity index (χ4v) is 10.8. The number of nitrogens with zero attached hydrogens (tertiary/aromatic N) is 6. The van der Waals surface area contributed by atoms with Crippen LogP contribution < -0.4 is 81.0 Å².